The smallest absolute Gasteiger partial charge is 0.229 e. The molecule has 2 heterocycles. The Hall–Kier alpha value is -0.610. The van der Waals surface area contributed by atoms with Crippen LogP contribution in [-0.2, 0) is 4.79 Å². The third-order valence-corrected chi connectivity index (χ3v) is 4.93. The molecule has 2 aliphatic rings. The van der Waals surface area contributed by atoms with Crippen molar-refractivity contribution in [3.63, 3.8) is 0 Å². The highest BCUT2D eigenvalue weighted by atomic mass is 16.2. The lowest BCUT2D eigenvalue weighted by molar-refractivity contribution is -0.144. The molecule has 4 heteroatoms. The standard InChI is InChI=1S/C15H29N3O/c1-4-13(2)17-8-10-18(11-9-17)14(19)15(3)6-5-7-16-12-15/h13,16H,4-12H2,1-3H3. The first-order valence-corrected chi connectivity index (χ1v) is 7.81. The molecule has 2 fully saturated rings. The lowest BCUT2D eigenvalue weighted by Crippen LogP contribution is -2.56. The van der Waals surface area contributed by atoms with Crippen molar-refractivity contribution in [2.45, 2.75) is 46.1 Å². The Morgan fingerprint density at radius 2 is 2.00 bits per heavy atom. The first kappa shape index (κ1) is 14.8. The van der Waals surface area contributed by atoms with Gasteiger partial charge in [0.2, 0.25) is 5.91 Å². The van der Waals surface area contributed by atoms with E-state index in [9.17, 15) is 4.79 Å². The fraction of sp³-hybridized carbons (Fsp3) is 0.933. The summed E-state index contributed by atoms with van der Waals surface area (Å²) in [6, 6.07) is 0.643. The minimum Gasteiger partial charge on any atom is -0.340 e. The van der Waals surface area contributed by atoms with E-state index in [-0.39, 0.29) is 5.41 Å². The van der Waals surface area contributed by atoms with E-state index in [1.807, 2.05) is 0 Å². The van der Waals surface area contributed by atoms with Crippen LogP contribution in [0.4, 0.5) is 0 Å². The van der Waals surface area contributed by atoms with Gasteiger partial charge in [0.1, 0.15) is 0 Å². The van der Waals surface area contributed by atoms with Gasteiger partial charge in [-0.05, 0) is 39.7 Å². The fourth-order valence-corrected chi connectivity index (χ4v) is 3.24. The van der Waals surface area contributed by atoms with Crippen molar-refractivity contribution < 1.29 is 4.79 Å². The van der Waals surface area contributed by atoms with Crippen LogP contribution >= 0.6 is 0 Å². The first-order valence-electron chi connectivity index (χ1n) is 7.81. The van der Waals surface area contributed by atoms with Gasteiger partial charge in [0.15, 0.2) is 0 Å². The zero-order valence-electron chi connectivity index (χ0n) is 12.7. The van der Waals surface area contributed by atoms with Crippen LogP contribution in [-0.4, -0.2) is 61.0 Å². The average Bonchev–Trinajstić information content (AvgIpc) is 2.46. The molecule has 2 unspecified atom stereocenters. The molecule has 0 radical (unpaired) electrons. The van der Waals surface area contributed by atoms with Gasteiger partial charge in [0.05, 0.1) is 5.41 Å². The lowest BCUT2D eigenvalue weighted by atomic mass is 9.81. The van der Waals surface area contributed by atoms with Gasteiger partial charge in [-0.25, -0.2) is 0 Å². The molecule has 4 nitrogen and oxygen atoms in total. The number of hydrogen-bond donors (Lipinski definition) is 1. The van der Waals surface area contributed by atoms with Crippen molar-refractivity contribution >= 4 is 5.91 Å². The maximum absolute atomic E-state index is 12.7. The molecule has 2 rings (SSSR count). The molecule has 19 heavy (non-hydrogen) atoms. The van der Waals surface area contributed by atoms with Crippen molar-refractivity contribution in [1.29, 1.82) is 0 Å². The van der Waals surface area contributed by atoms with Gasteiger partial charge < -0.3 is 10.2 Å². The van der Waals surface area contributed by atoms with Crippen LogP contribution < -0.4 is 5.32 Å². The Labute approximate surface area is 117 Å². The largest absolute Gasteiger partial charge is 0.340 e. The van der Waals surface area contributed by atoms with E-state index in [4.69, 9.17) is 0 Å². The normalized spacial score (nSPS) is 31.2. The molecule has 0 aromatic heterocycles. The van der Waals surface area contributed by atoms with Gasteiger partial charge in [-0.3, -0.25) is 9.69 Å². The number of nitrogens with zero attached hydrogens (tertiary/aromatic N) is 2. The summed E-state index contributed by atoms with van der Waals surface area (Å²) < 4.78 is 0. The SMILES string of the molecule is CCC(C)N1CCN(C(=O)C2(C)CCCNC2)CC1. The molecule has 1 amide bonds. The molecule has 1 N–H and O–H groups in total. The van der Waals surface area contributed by atoms with Crippen LogP contribution in [0.2, 0.25) is 0 Å². The van der Waals surface area contributed by atoms with Crippen LogP contribution in [0.25, 0.3) is 0 Å². The predicted molar refractivity (Wildman–Crippen MR) is 78.1 cm³/mol. The summed E-state index contributed by atoms with van der Waals surface area (Å²) in [5.74, 6) is 0.364. The molecule has 2 atom stereocenters. The number of piperidine rings is 1. The van der Waals surface area contributed by atoms with Crippen molar-refractivity contribution in [2.75, 3.05) is 39.3 Å². The number of carbonyl (C=O) groups excluding carboxylic acids is 1. The van der Waals surface area contributed by atoms with E-state index < -0.39 is 0 Å². The summed E-state index contributed by atoms with van der Waals surface area (Å²) in [7, 11) is 0. The summed E-state index contributed by atoms with van der Waals surface area (Å²) in [5.41, 5.74) is -0.170. The average molecular weight is 267 g/mol. The Kier molecular flexibility index (Phi) is 4.85. The topological polar surface area (TPSA) is 35.6 Å². The minimum atomic E-state index is -0.170. The van der Waals surface area contributed by atoms with E-state index in [1.165, 1.54) is 6.42 Å². The second-order valence-electron chi connectivity index (χ2n) is 6.43. The third kappa shape index (κ3) is 3.29. The molecule has 0 aromatic carbocycles. The van der Waals surface area contributed by atoms with Crippen LogP contribution in [0.15, 0.2) is 0 Å². The van der Waals surface area contributed by atoms with Gasteiger partial charge in [-0.15, -0.1) is 0 Å². The molecule has 2 aliphatic heterocycles. The highest BCUT2D eigenvalue weighted by Gasteiger charge is 2.38. The van der Waals surface area contributed by atoms with Crippen LogP contribution in [0.3, 0.4) is 0 Å². The Morgan fingerprint density at radius 1 is 1.32 bits per heavy atom. The van der Waals surface area contributed by atoms with E-state index >= 15 is 0 Å². The summed E-state index contributed by atoms with van der Waals surface area (Å²) in [4.78, 5) is 17.3. The molecule has 0 spiro atoms. The molecule has 0 aliphatic carbocycles. The number of nitrogens with one attached hydrogen (secondary N) is 1. The quantitative estimate of drug-likeness (QED) is 0.838. The number of piperazine rings is 1. The van der Waals surface area contributed by atoms with Crippen LogP contribution in [0.1, 0.15) is 40.0 Å². The van der Waals surface area contributed by atoms with Crippen molar-refractivity contribution in [3.05, 3.63) is 0 Å². The number of amides is 1. The molecular formula is C15H29N3O. The predicted octanol–water partition coefficient (Wildman–Crippen LogP) is 1.32. The molecular weight excluding hydrogens is 238 g/mol. The van der Waals surface area contributed by atoms with Gasteiger partial charge in [0, 0.05) is 38.8 Å². The van der Waals surface area contributed by atoms with Crippen molar-refractivity contribution in [2.24, 2.45) is 5.41 Å². The fourth-order valence-electron chi connectivity index (χ4n) is 3.24. The summed E-state index contributed by atoms with van der Waals surface area (Å²) in [6.45, 7) is 12.4. The van der Waals surface area contributed by atoms with Crippen molar-refractivity contribution in [1.82, 2.24) is 15.1 Å². The van der Waals surface area contributed by atoms with Gasteiger partial charge in [0.25, 0.3) is 0 Å². The summed E-state index contributed by atoms with van der Waals surface area (Å²) in [5, 5.41) is 3.37. The molecule has 110 valence electrons. The minimum absolute atomic E-state index is 0.170. The van der Waals surface area contributed by atoms with E-state index in [2.05, 4.69) is 35.9 Å². The lowest BCUT2D eigenvalue weighted by Gasteiger charge is -2.42. The van der Waals surface area contributed by atoms with Gasteiger partial charge >= 0.3 is 0 Å². The molecule has 0 aromatic rings. The number of rotatable bonds is 3. The monoisotopic (exact) mass is 267 g/mol. The first-order chi connectivity index (χ1) is 9.07. The van der Waals surface area contributed by atoms with E-state index in [0.29, 0.717) is 11.9 Å². The highest BCUT2D eigenvalue weighted by molar-refractivity contribution is 5.82. The van der Waals surface area contributed by atoms with Crippen LogP contribution in [0.5, 0.6) is 0 Å². The van der Waals surface area contributed by atoms with Crippen molar-refractivity contribution in [3.8, 4) is 0 Å². The molecule has 0 bridgehead atoms. The van der Waals surface area contributed by atoms with Crippen LogP contribution in [0, 0.1) is 5.41 Å². The maximum Gasteiger partial charge on any atom is 0.229 e. The summed E-state index contributed by atoms with van der Waals surface area (Å²) >= 11 is 0. The maximum atomic E-state index is 12.7. The number of carbonyl (C=O) groups is 1. The van der Waals surface area contributed by atoms with E-state index in [1.54, 1.807) is 0 Å². The second kappa shape index (κ2) is 6.23. The van der Waals surface area contributed by atoms with Gasteiger partial charge in [-0.1, -0.05) is 6.92 Å². The summed E-state index contributed by atoms with van der Waals surface area (Å²) in [6.07, 6.45) is 3.34. The Bertz CT molecular complexity index is 305. The number of hydrogen-bond acceptors (Lipinski definition) is 3. The molecule has 2 saturated heterocycles. The highest BCUT2D eigenvalue weighted by Crippen LogP contribution is 2.28. The Balaban J connectivity index is 1.88. The zero-order chi connectivity index (χ0) is 13.9. The van der Waals surface area contributed by atoms with E-state index in [0.717, 1.165) is 52.1 Å². The third-order valence-electron chi connectivity index (χ3n) is 4.93. The second-order valence-corrected chi connectivity index (χ2v) is 6.43. The van der Waals surface area contributed by atoms with Gasteiger partial charge in [-0.2, -0.15) is 0 Å². The zero-order valence-corrected chi connectivity index (χ0v) is 12.7. The molecule has 0 saturated carbocycles. The Morgan fingerprint density at radius 3 is 2.53 bits per heavy atom.